The zero-order valence-electron chi connectivity index (χ0n) is 12.7. The normalized spacial score (nSPS) is 10.1. The van der Waals surface area contributed by atoms with Crippen LogP contribution in [0.5, 0.6) is 0 Å². The van der Waals surface area contributed by atoms with Gasteiger partial charge in [0.1, 0.15) is 6.54 Å². The van der Waals surface area contributed by atoms with Gasteiger partial charge in [0.15, 0.2) is 0 Å². The predicted octanol–water partition coefficient (Wildman–Crippen LogP) is 1.67. The van der Waals surface area contributed by atoms with E-state index in [1.807, 2.05) is 13.8 Å². The second-order valence-electron chi connectivity index (χ2n) is 4.86. The SMILES string of the molecule is COC(=O)CN(C(=O)c1ccc(NC(C)=O)cc1)C(C)C. The minimum Gasteiger partial charge on any atom is -0.468 e. The Balaban J connectivity index is 2.88. The average Bonchev–Trinajstić information content (AvgIpc) is 2.43. The van der Waals surface area contributed by atoms with E-state index in [9.17, 15) is 14.4 Å². The molecule has 6 nitrogen and oxygen atoms in total. The molecule has 114 valence electrons. The van der Waals surface area contributed by atoms with Gasteiger partial charge in [0.2, 0.25) is 5.91 Å². The number of hydrogen-bond donors (Lipinski definition) is 1. The Morgan fingerprint density at radius 3 is 2.19 bits per heavy atom. The molecule has 0 spiro atoms. The van der Waals surface area contributed by atoms with Crippen molar-refractivity contribution in [2.24, 2.45) is 0 Å². The number of methoxy groups -OCH3 is 1. The Bertz CT molecular complexity index is 523. The Labute approximate surface area is 124 Å². The maximum Gasteiger partial charge on any atom is 0.325 e. The van der Waals surface area contributed by atoms with E-state index in [0.29, 0.717) is 11.3 Å². The molecule has 0 unspecified atom stereocenters. The van der Waals surface area contributed by atoms with Gasteiger partial charge in [-0.1, -0.05) is 0 Å². The molecule has 1 rings (SSSR count). The van der Waals surface area contributed by atoms with Gasteiger partial charge in [-0.3, -0.25) is 14.4 Å². The minimum absolute atomic E-state index is 0.0968. The van der Waals surface area contributed by atoms with Crippen molar-refractivity contribution in [1.82, 2.24) is 4.90 Å². The van der Waals surface area contributed by atoms with Crippen LogP contribution in [-0.4, -0.2) is 42.4 Å². The summed E-state index contributed by atoms with van der Waals surface area (Å²) in [7, 11) is 1.29. The lowest BCUT2D eigenvalue weighted by Crippen LogP contribution is -2.41. The molecule has 0 bridgehead atoms. The Morgan fingerprint density at radius 1 is 1.19 bits per heavy atom. The number of rotatable bonds is 5. The van der Waals surface area contributed by atoms with Crippen molar-refractivity contribution in [3.05, 3.63) is 29.8 Å². The molecule has 0 saturated carbocycles. The van der Waals surface area contributed by atoms with Crippen molar-refractivity contribution < 1.29 is 19.1 Å². The molecular weight excluding hydrogens is 272 g/mol. The molecule has 6 heteroatoms. The summed E-state index contributed by atoms with van der Waals surface area (Å²) in [5, 5.41) is 2.63. The van der Waals surface area contributed by atoms with Crippen LogP contribution < -0.4 is 5.32 Å². The topological polar surface area (TPSA) is 75.7 Å². The van der Waals surface area contributed by atoms with Gasteiger partial charge in [-0.2, -0.15) is 0 Å². The third kappa shape index (κ3) is 4.91. The van der Waals surface area contributed by atoms with Crippen molar-refractivity contribution >= 4 is 23.5 Å². The number of amides is 2. The third-order valence-electron chi connectivity index (χ3n) is 2.86. The van der Waals surface area contributed by atoms with Gasteiger partial charge in [0.05, 0.1) is 7.11 Å². The molecule has 0 aliphatic heterocycles. The van der Waals surface area contributed by atoms with Gasteiger partial charge in [-0.25, -0.2) is 0 Å². The van der Waals surface area contributed by atoms with Crippen molar-refractivity contribution in [2.75, 3.05) is 19.0 Å². The van der Waals surface area contributed by atoms with Crippen LogP contribution >= 0.6 is 0 Å². The maximum atomic E-state index is 12.4. The summed E-state index contributed by atoms with van der Waals surface area (Å²) in [5.74, 6) is -0.903. The summed E-state index contributed by atoms with van der Waals surface area (Å²) < 4.78 is 4.60. The number of anilines is 1. The van der Waals surface area contributed by atoms with E-state index in [1.165, 1.54) is 18.9 Å². The monoisotopic (exact) mass is 292 g/mol. The highest BCUT2D eigenvalue weighted by molar-refractivity contribution is 5.97. The van der Waals surface area contributed by atoms with Crippen molar-refractivity contribution in [2.45, 2.75) is 26.8 Å². The van der Waals surface area contributed by atoms with Gasteiger partial charge in [0, 0.05) is 24.2 Å². The smallest absolute Gasteiger partial charge is 0.325 e. The summed E-state index contributed by atoms with van der Waals surface area (Å²) in [6, 6.07) is 6.38. The highest BCUT2D eigenvalue weighted by Gasteiger charge is 2.21. The van der Waals surface area contributed by atoms with Crippen LogP contribution in [0.4, 0.5) is 5.69 Å². The van der Waals surface area contributed by atoms with Crippen LogP contribution in [0.15, 0.2) is 24.3 Å². The molecular formula is C15H20N2O4. The van der Waals surface area contributed by atoms with Crippen LogP contribution in [-0.2, 0) is 14.3 Å². The van der Waals surface area contributed by atoms with E-state index in [0.717, 1.165) is 0 Å². The van der Waals surface area contributed by atoms with E-state index in [-0.39, 0.29) is 24.4 Å². The first-order valence-corrected chi connectivity index (χ1v) is 6.60. The Kier molecular flexibility index (Phi) is 5.90. The Morgan fingerprint density at radius 2 is 1.76 bits per heavy atom. The number of carbonyl (C=O) groups excluding carboxylic acids is 3. The lowest BCUT2D eigenvalue weighted by atomic mass is 10.1. The van der Waals surface area contributed by atoms with Crippen LogP contribution in [0.2, 0.25) is 0 Å². The summed E-state index contributed by atoms with van der Waals surface area (Å²) in [4.78, 5) is 36.2. The van der Waals surface area contributed by atoms with Crippen molar-refractivity contribution in [1.29, 1.82) is 0 Å². The molecule has 1 aromatic rings. The molecule has 21 heavy (non-hydrogen) atoms. The largest absolute Gasteiger partial charge is 0.468 e. The lowest BCUT2D eigenvalue weighted by Gasteiger charge is -2.25. The first-order valence-electron chi connectivity index (χ1n) is 6.60. The predicted molar refractivity (Wildman–Crippen MR) is 78.9 cm³/mol. The molecule has 0 saturated heterocycles. The molecule has 0 aliphatic rings. The van der Waals surface area contributed by atoms with E-state index < -0.39 is 5.97 Å². The van der Waals surface area contributed by atoms with E-state index in [4.69, 9.17) is 0 Å². The number of esters is 1. The fourth-order valence-corrected chi connectivity index (χ4v) is 1.76. The first-order chi connectivity index (χ1) is 9.85. The Hall–Kier alpha value is -2.37. The minimum atomic E-state index is -0.466. The second-order valence-corrected chi connectivity index (χ2v) is 4.86. The molecule has 0 heterocycles. The van der Waals surface area contributed by atoms with Crippen LogP contribution in [0.1, 0.15) is 31.1 Å². The number of hydrogen-bond acceptors (Lipinski definition) is 4. The first kappa shape index (κ1) is 16.7. The molecule has 0 fully saturated rings. The molecule has 0 radical (unpaired) electrons. The zero-order valence-corrected chi connectivity index (χ0v) is 12.7. The standard InChI is InChI=1S/C15H20N2O4/c1-10(2)17(9-14(19)21-4)15(20)12-5-7-13(8-6-12)16-11(3)18/h5-8,10H,9H2,1-4H3,(H,16,18). The highest BCUT2D eigenvalue weighted by atomic mass is 16.5. The summed E-state index contributed by atoms with van der Waals surface area (Å²) in [5.41, 5.74) is 1.06. The van der Waals surface area contributed by atoms with Gasteiger partial charge >= 0.3 is 5.97 Å². The van der Waals surface area contributed by atoms with Crippen LogP contribution in [0, 0.1) is 0 Å². The summed E-state index contributed by atoms with van der Waals surface area (Å²) >= 11 is 0. The van der Waals surface area contributed by atoms with Crippen LogP contribution in [0.3, 0.4) is 0 Å². The molecule has 2 amide bonds. The van der Waals surface area contributed by atoms with Gasteiger partial charge in [-0.15, -0.1) is 0 Å². The highest BCUT2D eigenvalue weighted by Crippen LogP contribution is 2.13. The molecule has 0 aliphatic carbocycles. The molecule has 0 aromatic heterocycles. The van der Waals surface area contributed by atoms with Gasteiger partial charge in [0.25, 0.3) is 5.91 Å². The quantitative estimate of drug-likeness (QED) is 0.838. The van der Waals surface area contributed by atoms with E-state index in [1.54, 1.807) is 24.3 Å². The fraction of sp³-hybridized carbons (Fsp3) is 0.400. The second kappa shape index (κ2) is 7.42. The maximum absolute atomic E-state index is 12.4. The fourth-order valence-electron chi connectivity index (χ4n) is 1.76. The number of ether oxygens (including phenoxy) is 1. The van der Waals surface area contributed by atoms with E-state index >= 15 is 0 Å². The lowest BCUT2D eigenvalue weighted by molar-refractivity contribution is -0.141. The average molecular weight is 292 g/mol. The van der Waals surface area contributed by atoms with Crippen LogP contribution in [0.25, 0.3) is 0 Å². The summed E-state index contributed by atoms with van der Waals surface area (Å²) in [6.45, 7) is 4.97. The summed E-state index contributed by atoms with van der Waals surface area (Å²) in [6.07, 6.45) is 0. The molecule has 1 N–H and O–H groups in total. The van der Waals surface area contributed by atoms with E-state index in [2.05, 4.69) is 10.1 Å². The van der Waals surface area contributed by atoms with Gasteiger partial charge in [-0.05, 0) is 38.1 Å². The number of nitrogens with one attached hydrogen (secondary N) is 1. The van der Waals surface area contributed by atoms with Gasteiger partial charge < -0.3 is 15.0 Å². The number of benzene rings is 1. The molecule has 0 atom stereocenters. The van der Waals surface area contributed by atoms with Crippen molar-refractivity contribution in [3.63, 3.8) is 0 Å². The van der Waals surface area contributed by atoms with Crippen molar-refractivity contribution in [3.8, 4) is 0 Å². The zero-order chi connectivity index (χ0) is 16.0. The molecule has 1 aromatic carbocycles. The third-order valence-corrected chi connectivity index (χ3v) is 2.86. The number of carbonyl (C=O) groups is 3. The number of nitrogens with zero attached hydrogens (tertiary/aromatic N) is 1.